The number of para-hydroxylation sites is 1. The maximum atomic E-state index is 13.6. The Morgan fingerprint density at radius 1 is 0.972 bits per heavy atom. The van der Waals surface area contributed by atoms with Crippen molar-refractivity contribution in [2.45, 2.75) is 13.1 Å². The third-order valence-corrected chi connectivity index (χ3v) is 6.43. The highest BCUT2D eigenvalue weighted by Crippen LogP contribution is 2.32. The predicted octanol–water partition coefficient (Wildman–Crippen LogP) is 6.08. The van der Waals surface area contributed by atoms with Crippen LogP contribution in [0.3, 0.4) is 0 Å². The Kier molecular flexibility index (Phi) is 6.26. The third-order valence-electron chi connectivity index (χ3n) is 6.11. The van der Waals surface area contributed by atoms with Gasteiger partial charge in [-0.15, -0.1) is 0 Å². The zero-order chi connectivity index (χ0) is 25.4. The van der Waals surface area contributed by atoms with Crippen LogP contribution in [0.5, 0.6) is 0 Å². The minimum Gasteiger partial charge on any atom is -0.460 e. The lowest BCUT2D eigenvalue weighted by molar-refractivity contribution is -0.137. The molecule has 0 bridgehead atoms. The van der Waals surface area contributed by atoms with Gasteiger partial charge in [-0.3, -0.25) is 4.79 Å². The number of nitrogens with zero attached hydrogens (tertiary/aromatic N) is 4. The summed E-state index contributed by atoms with van der Waals surface area (Å²) in [6.07, 6.45) is -4.41. The molecule has 186 valence electrons. The van der Waals surface area contributed by atoms with Crippen molar-refractivity contribution in [1.82, 2.24) is 14.7 Å². The van der Waals surface area contributed by atoms with Crippen molar-refractivity contribution < 1.29 is 22.4 Å². The molecule has 3 heterocycles. The minimum absolute atomic E-state index is 0.249. The molecule has 0 saturated carbocycles. The maximum Gasteiger partial charge on any atom is 0.416 e. The first-order valence-corrected chi connectivity index (χ1v) is 11.7. The van der Waals surface area contributed by atoms with E-state index in [-0.39, 0.29) is 5.91 Å². The summed E-state index contributed by atoms with van der Waals surface area (Å²) in [5, 5.41) is 5.05. The summed E-state index contributed by atoms with van der Waals surface area (Å²) in [7, 11) is 0. The monoisotopic (exact) mass is 514 g/mol. The summed E-state index contributed by atoms with van der Waals surface area (Å²) in [4.78, 5) is 17.1. The molecule has 5 rings (SSSR count). The zero-order valence-electron chi connectivity index (χ0n) is 19.3. The summed E-state index contributed by atoms with van der Waals surface area (Å²) in [6, 6.07) is 17.6. The van der Waals surface area contributed by atoms with Gasteiger partial charge in [0.2, 0.25) is 0 Å². The molecule has 0 unspecified atom stereocenters. The first kappa shape index (κ1) is 24.0. The number of benzene rings is 2. The molecule has 2 aromatic carbocycles. The van der Waals surface area contributed by atoms with E-state index in [1.807, 2.05) is 24.0 Å². The second kappa shape index (κ2) is 9.39. The van der Waals surface area contributed by atoms with Crippen molar-refractivity contribution in [2.75, 3.05) is 31.1 Å². The van der Waals surface area contributed by atoms with Gasteiger partial charge in [0.25, 0.3) is 5.91 Å². The Morgan fingerprint density at radius 3 is 2.39 bits per heavy atom. The second-order valence-corrected chi connectivity index (χ2v) is 8.92. The van der Waals surface area contributed by atoms with Crippen LogP contribution in [0, 0.1) is 6.92 Å². The molecule has 10 heteroatoms. The summed E-state index contributed by atoms with van der Waals surface area (Å²) < 4.78 is 46.6. The van der Waals surface area contributed by atoms with E-state index in [1.165, 1.54) is 10.7 Å². The molecule has 2 aromatic heterocycles. The van der Waals surface area contributed by atoms with Crippen molar-refractivity contribution in [3.05, 3.63) is 88.8 Å². The summed E-state index contributed by atoms with van der Waals surface area (Å²) in [6.45, 7) is 3.31. The van der Waals surface area contributed by atoms with Crippen LogP contribution in [0.2, 0.25) is 5.02 Å². The van der Waals surface area contributed by atoms with Crippen molar-refractivity contribution in [3.63, 3.8) is 0 Å². The summed E-state index contributed by atoms with van der Waals surface area (Å²) in [5.41, 5.74) is 1.16. The van der Waals surface area contributed by atoms with Crippen LogP contribution in [-0.2, 0) is 6.18 Å². The second-order valence-electron chi connectivity index (χ2n) is 8.52. The predicted molar refractivity (Wildman–Crippen MR) is 131 cm³/mol. The number of aromatic nitrogens is 2. The SMILES string of the molecule is Cc1ccc(-c2cc(C(=O)N3CCN(c4cccc(C(F)(F)F)c4)CC3)n(-c3ccccc3Cl)n2)o1. The lowest BCUT2D eigenvalue weighted by Crippen LogP contribution is -2.49. The molecule has 4 aromatic rings. The van der Waals surface area contributed by atoms with Crippen LogP contribution in [-0.4, -0.2) is 46.8 Å². The smallest absolute Gasteiger partial charge is 0.416 e. The van der Waals surface area contributed by atoms with E-state index in [9.17, 15) is 18.0 Å². The van der Waals surface area contributed by atoms with Gasteiger partial charge in [0.1, 0.15) is 17.1 Å². The van der Waals surface area contributed by atoms with Gasteiger partial charge in [-0.1, -0.05) is 29.8 Å². The Bertz CT molecular complexity index is 1400. The quantitative estimate of drug-likeness (QED) is 0.331. The molecule has 1 aliphatic rings. The van der Waals surface area contributed by atoms with E-state index in [2.05, 4.69) is 5.10 Å². The van der Waals surface area contributed by atoms with E-state index in [0.29, 0.717) is 59.7 Å². The molecule has 1 fully saturated rings. The average Bonchev–Trinajstić information content (AvgIpc) is 3.50. The Labute approximate surface area is 210 Å². The fourth-order valence-electron chi connectivity index (χ4n) is 4.24. The Hall–Kier alpha value is -3.72. The van der Waals surface area contributed by atoms with Gasteiger partial charge in [0.05, 0.1) is 16.3 Å². The molecular weight excluding hydrogens is 493 g/mol. The molecule has 0 N–H and O–H groups in total. The van der Waals surface area contributed by atoms with Gasteiger partial charge in [0.15, 0.2) is 5.76 Å². The fourth-order valence-corrected chi connectivity index (χ4v) is 4.46. The first-order chi connectivity index (χ1) is 17.2. The number of alkyl halides is 3. The molecule has 1 amide bonds. The number of halogens is 4. The van der Waals surface area contributed by atoms with E-state index in [4.69, 9.17) is 16.0 Å². The van der Waals surface area contributed by atoms with Crippen molar-refractivity contribution in [2.24, 2.45) is 0 Å². The molecule has 1 saturated heterocycles. The molecule has 6 nitrogen and oxygen atoms in total. The number of hydrogen-bond donors (Lipinski definition) is 0. The van der Waals surface area contributed by atoms with Crippen LogP contribution in [0.1, 0.15) is 21.8 Å². The Balaban J connectivity index is 1.40. The van der Waals surface area contributed by atoms with Crippen LogP contribution in [0.4, 0.5) is 18.9 Å². The van der Waals surface area contributed by atoms with Crippen molar-refractivity contribution >= 4 is 23.2 Å². The molecular formula is C26H22ClF3N4O2. The number of amides is 1. The third kappa shape index (κ3) is 4.70. The van der Waals surface area contributed by atoms with Crippen molar-refractivity contribution in [3.8, 4) is 17.1 Å². The number of rotatable bonds is 4. The largest absolute Gasteiger partial charge is 0.460 e. The van der Waals surface area contributed by atoms with Crippen molar-refractivity contribution in [1.29, 1.82) is 0 Å². The zero-order valence-corrected chi connectivity index (χ0v) is 20.1. The number of anilines is 1. The highest BCUT2D eigenvalue weighted by Gasteiger charge is 2.32. The van der Waals surface area contributed by atoms with E-state index < -0.39 is 11.7 Å². The number of hydrogen-bond acceptors (Lipinski definition) is 4. The lowest BCUT2D eigenvalue weighted by Gasteiger charge is -2.36. The average molecular weight is 515 g/mol. The summed E-state index contributed by atoms with van der Waals surface area (Å²) in [5.74, 6) is 0.998. The fraction of sp³-hybridized carbons (Fsp3) is 0.231. The Morgan fingerprint density at radius 2 is 1.72 bits per heavy atom. The summed E-state index contributed by atoms with van der Waals surface area (Å²) >= 11 is 6.42. The number of aryl methyl sites for hydroxylation is 1. The molecule has 36 heavy (non-hydrogen) atoms. The highest BCUT2D eigenvalue weighted by atomic mass is 35.5. The van der Waals surface area contributed by atoms with Gasteiger partial charge in [-0.05, 0) is 49.4 Å². The van der Waals surface area contributed by atoms with E-state index in [0.717, 1.165) is 17.9 Å². The molecule has 0 aliphatic carbocycles. The minimum atomic E-state index is -4.41. The molecule has 0 radical (unpaired) electrons. The molecule has 1 aliphatic heterocycles. The van der Waals surface area contributed by atoms with Gasteiger partial charge in [-0.2, -0.15) is 18.3 Å². The normalized spacial score (nSPS) is 14.4. The van der Waals surface area contributed by atoms with E-state index in [1.54, 1.807) is 41.3 Å². The van der Waals surface area contributed by atoms with Crippen LogP contribution in [0.25, 0.3) is 17.1 Å². The lowest BCUT2D eigenvalue weighted by atomic mass is 10.1. The van der Waals surface area contributed by atoms with Crippen LogP contribution < -0.4 is 4.90 Å². The maximum absolute atomic E-state index is 13.6. The molecule has 0 spiro atoms. The van der Waals surface area contributed by atoms with Gasteiger partial charge in [-0.25, -0.2) is 4.68 Å². The van der Waals surface area contributed by atoms with Crippen LogP contribution >= 0.6 is 11.6 Å². The first-order valence-electron chi connectivity index (χ1n) is 11.3. The van der Waals surface area contributed by atoms with Gasteiger partial charge >= 0.3 is 6.18 Å². The van der Waals surface area contributed by atoms with Gasteiger partial charge in [0, 0.05) is 37.9 Å². The van der Waals surface area contributed by atoms with Gasteiger partial charge < -0.3 is 14.2 Å². The standard InChI is InChI=1S/C26H22ClF3N4O2/c1-17-9-10-24(36-17)21-16-23(34(31-21)22-8-3-2-7-20(22)27)25(35)33-13-11-32(12-14-33)19-6-4-5-18(15-19)26(28,29)30/h2-10,15-16H,11-14H2,1H3. The molecule has 0 atom stereocenters. The number of piperazine rings is 1. The number of furan rings is 1. The van der Waals surface area contributed by atoms with E-state index >= 15 is 0 Å². The number of carbonyl (C=O) groups excluding carboxylic acids is 1. The topological polar surface area (TPSA) is 54.5 Å². The number of carbonyl (C=O) groups is 1. The highest BCUT2D eigenvalue weighted by molar-refractivity contribution is 6.32. The van der Waals surface area contributed by atoms with Crippen LogP contribution in [0.15, 0.2) is 71.1 Å².